The molecule has 0 radical (unpaired) electrons. The van der Waals surface area contributed by atoms with Gasteiger partial charge in [-0.1, -0.05) is 12.8 Å². The van der Waals surface area contributed by atoms with Crippen molar-refractivity contribution in [3.8, 4) is 0 Å². The second-order valence-corrected chi connectivity index (χ2v) is 6.26. The number of rotatable bonds is 4. The first-order valence-electron chi connectivity index (χ1n) is 7.57. The lowest BCUT2D eigenvalue weighted by atomic mass is 9.71. The van der Waals surface area contributed by atoms with Crippen LogP contribution in [0.15, 0.2) is 12.5 Å². The van der Waals surface area contributed by atoms with E-state index in [4.69, 9.17) is 0 Å². The first-order chi connectivity index (χ1) is 8.86. The van der Waals surface area contributed by atoms with Gasteiger partial charge in [0.2, 0.25) is 0 Å². The van der Waals surface area contributed by atoms with Gasteiger partial charge in [0.05, 0.1) is 6.33 Å². The second kappa shape index (κ2) is 5.43. The van der Waals surface area contributed by atoms with Crippen molar-refractivity contribution in [2.45, 2.75) is 63.8 Å². The molecule has 0 atom stereocenters. The molecule has 0 unspecified atom stereocenters. The molecule has 3 heteroatoms. The number of hydrogen-bond donors (Lipinski definition) is 2. The number of H-pyrrole nitrogens is 1. The Balaban J connectivity index is 1.38. The van der Waals surface area contributed by atoms with Gasteiger partial charge in [-0.25, -0.2) is 4.98 Å². The molecule has 1 aromatic heterocycles. The molecule has 1 heterocycles. The number of aromatic nitrogens is 2. The lowest BCUT2D eigenvalue weighted by molar-refractivity contribution is 0.169. The smallest absolute Gasteiger partial charge is 0.0921 e. The Labute approximate surface area is 110 Å². The Morgan fingerprint density at radius 2 is 2.00 bits per heavy atom. The van der Waals surface area contributed by atoms with E-state index in [0.717, 1.165) is 24.4 Å². The largest absolute Gasteiger partial charge is 0.348 e. The third-order valence-corrected chi connectivity index (χ3v) is 5.09. The molecule has 2 fully saturated rings. The van der Waals surface area contributed by atoms with Crippen LogP contribution in [0, 0.1) is 5.41 Å². The maximum atomic E-state index is 4.05. The molecule has 100 valence electrons. The maximum Gasteiger partial charge on any atom is 0.0921 e. The van der Waals surface area contributed by atoms with E-state index in [1.165, 1.54) is 57.1 Å². The molecular weight excluding hydrogens is 222 g/mol. The molecule has 2 saturated carbocycles. The molecule has 0 bridgehead atoms. The lowest BCUT2D eigenvalue weighted by Gasteiger charge is -2.37. The zero-order valence-corrected chi connectivity index (χ0v) is 11.3. The van der Waals surface area contributed by atoms with Crippen molar-refractivity contribution >= 4 is 0 Å². The zero-order chi connectivity index (χ0) is 12.3. The van der Waals surface area contributed by atoms with Gasteiger partial charge < -0.3 is 10.3 Å². The third kappa shape index (κ3) is 2.77. The fourth-order valence-corrected chi connectivity index (χ4v) is 3.89. The molecule has 1 aromatic rings. The van der Waals surface area contributed by atoms with Crippen LogP contribution in [0.2, 0.25) is 0 Å². The molecule has 1 spiro atoms. The molecule has 0 aromatic carbocycles. The molecule has 0 saturated heterocycles. The summed E-state index contributed by atoms with van der Waals surface area (Å²) in [6.07, 6.45) is 16.5. The van der Waals surface area contributed by atoms with E-state index in [1.54, 1.807) is 6.33 Å². The molecular formula is C15H25N3. The molecule has 3 nitrogen and oxygen atoms in total. The van der Waals surface area contributed by atoms with Crippen molar-refractivity contribution in [3.63, 3.8) is 0 Å². The summed E-state index contributed by atoms with van der Waals surface area (Å²) in [6, 6.07) is 0.763. The van der Waals surface area contributed by atoms with Crippen molar-refractivity contribution < 1.29 is 0 Å². The van der Waals surface area contributed by atoms with Gasteiger partial charge in [0.15, 0.2) is 0 Å². The average molecular weight is 247 g/mol. The molecule has 18 heavy (non-hydrogen) atoms. The van der Waals surface area contributed by atoms with Gasteiger partial charge in [0, 0.05) is 30.9 Å². The summed E-state index contributed by atoms with van der Waals surface area (Å²) in [4.78, 5) is 7.22. The summed E-state index contributed by atoms with van der Waals surface area (Å²) in [5.41, 5.74) is 2.01. The van der Waals surface area contributed by atoms with Gasteiger partial charge in [-0.3, -0.25) is 0 Å². The monoisotopic (exact) mass is 247 g/mol. The number of imidazole rings is 1. The zero-order valence-electron chi connectivity index (χ0n) is 11.3. The van der Waals surface area contributed by atoms with Crippen LogP contribution < -0.4 is 5.32 Å². The lowest BCUT2D eigenvalue weighted by Crippen LogP contribution is -2.37. The van der Waals surface area contributed by atoms with E-state index in [0.29, 0.717) is 0 Å². The van der Waals surface area contributed by atoms with Crippen molar-refractivity contribution in [2.24, 2.45) is 5.41 Å². The topological polar surface area (TPSA) is 40.7 Å². The normalized spacial score (nSPS) is 23.8. The van der Waals surface area contributed by atoms with Crippen molar-refractivity contribution in [2.75, 3.05) is 6.54 Å². The van der Waals surface area contributed by atoms with Crippen LogP contribution in [-0.4, -0.2) is 22.6 Å². The van der Waals surface area contributed by atoms with Crippen LogP contribution in [-0.2, 0) is 6.42 Å². The Bertz CT molecular complexity index is 342. The first kappa shape index (κ1) is 12.2. The quantitative estimate of drug-likeness (QED) is 0.858. The Kier molecular flexibility index (Phi) is 3.69. The molecule has 2 N–H and O–H groups in total. The average Bonchev–Trinajstić information content (AvgIpc) is 3.04. The van der Waals surface area contributed by atoms with Gasteiger partial charge in [0.25, 0.3) is 0 Å². The van der Waals surface area contributed by atoms with Crippen molar-refractivity contribution in [1.82, 2.24) is 15.3 Å². The molecule has 3 rings (SSSR count). The van der Waals surface area contributed by atoms with Crippen LogP contribution in [0.1, 0.15) is 57.1 Å². The Morgan fingerprint density at radius 1 is 1.22 bits per heavy atom. The van der Waals surface area contributed by atoms with Gasteiger partial charge in [0.1, 0.15) is 0 Å². The molecule has 0 aliphatic heterocycles. The van der Waals surface area contributed by atoms with E-state index >= 15 is 0 Å². The van der Waals surface area contributed by atoms with Crippen molar-refractivity contribution in [3.05, 3.63) is 18.2 Å². The highest BCUT2D eigenvalue weighted by molar-refractivity contribution is 4.95. The second-order valence-electron chi connectivity index (χ2n) is 6.26. The van der Waals surface area contributed by atoms with Gasteiger partial charge in [-0.15, -0.1) is 0 Å². The fourth-order valence-electron chi connectivity index (χ4n) is 3.89. The highest BCUT2D eigenvalue weighted by Crippen LogP contribution is 2.48. The number of hydrogen-bond acceptors (Lipinski definition) is 2. The number of nitrogens with zero attached hydrogens (tertiary/aromatic N) is 1. The Hall–Kier alpha value is -0.830. The summed E-state index contributed by atoms with van der Waals surface area (Å²) in [5.74, 6) is 0. The van der Waals surface area contributed by atoms with Crippen LogP contribution in [0.25, 0.3) is 0 Å². The van der Waals surface area contributed by atoms with Gasteiger partial charge in [-0.05, 0) is 43.9 Å². The van der Waals surface area contributed by atoms with E-state index < -0.39 is 0 Å². The van der Waals surface area contributed by atoms with Gasteiger partial charge in [-0.2, -0.15) is 0 Å². The first-order valence-corrected chi connectivity index (χ1v) is 7.57. The third-order valence-electron chi connectivity index (χ3n) is 5.09. The maximum absolute atomic E-state index is 4.05. The van der Waals surface area contributed by atoms with Crippen molar-refractivity contribution in [1.29, 1.82) is 0 Å². The standard InChI is InChI=1S/C15H25N3/c1-2-7-15(6-1)8-3-13(4-9-15)17-10-5-14-11-16-12-18-14/h11-13,17H,1-10H2,(H,16,18). The van der Waals surface area contributed by atoms with E-state index in [2.05, 4.69) is 15.3 Å². The van der Waals surface area contributed by atoms with Crippen LogP contribution in [0.5, 0.6) is 0 Å². The highest BCUT2D eigenvalue weighted by atomic mass is 14.9. The Morgan fingerprint density at radius 3 is 2.67 bits per heavy atom. The minimum Gasteiger partial charge on any atom is -0.348 e. The number of nitrogens with one attached hydrogen (secondary N) is 2. The predicted molar refractivity (Wildman–Crippen MR) is 73.5 cm³/mol. The summed E-state index contributed by atoms with van der Waals surface area (Å²) >= 11 is 0. The highest BCUT2D eigenvalue weighted by Gasteiger charge is 2.37. The van der Waals surface area contributed by atoms with Crippen LogP contribution >= 0.6 is 0 Å². The fraction of sp³-hybridized carbons (Fsp3) is 0.800. The minimum atomic E-state index is 0.763. The summed E-state index contributed by atoms with van der Waals surface area (Å²) in [6.45, 7) is 1.08. The van der Waals surface area contributed by atoms with E-state index in [9.17, 15) is 0 Å². The minimum absolute atomic E-state index is 0.763. The summed E-state index contributed by atoms with van der Waals surface area (Å²) < 4.78 is 0. The van der Waals surface area contributed by atoms with E-state index in [-0.39, 0.29) is 0 Å². The van der Waals surface area contributed by atoms with E-state index in [1.807, 2.05) is 6.20 Å². The van der Waals surface area contributed by atoms with Crippen LogP contribution in [0.3, 0.4) is 0 Å². The molecule has 0 amide bonds. The molecule has 2 aliphatic rings. The molecule has 2 aliphatic carbocycles. The van der Waals surface area contributed by atoms with Gasteiger partial charge >= 0.3 is 0 Å². The summed E-state index contributed by atoms with van der Waals surface area (Å²) in [5, 5.41) is 3.72. The van der Waals surface area contributed by atoms with Crippen LogP contribution in [0.4, 0.5) is 0 Å². The SMILES string of the molecule is c1ncc(CCNC2CCC3(CCCC3)CC2)[nH]1. The number of aromatic amines is 1. The summed E-state index contributed by atoms with van der Waals surface area (Å²) in [7, 11) is 0. The predicted octanol–water partition coefficient (Wildman–Crippen LogP) is 3.04.